The third-order valence-corrected chi connectivity index (χ3v) is 4.93. The number of amides is 2. The first-order valence-corrected chi connectivity index (χ1v) is 9.35. The van der Waals surface area contributed by atoms with Crippen molar-refractivity contribution >= 4 is 23.6 Å². The SMILES string of the molecule is Cc1ccc(C(=O)NCC(=O)NCCCSc2ccccc2)cc1C. The molecule has 0 bridgehead atoms. The molecule has 25 heavy (non-hydrogen) atoms. The molecular weight excluding hydrogens is 332 g/mol. The molecule has 0 heterocycles. The number of aryl methyl sites for hydroxylation is 2. The Morgan fingerprint density at radius 2 is 1.72 bits per heavy atom. The van der Waals surface area contributed by atoms with E-state index >= 15 is 0 Å². The highest BCUT2D eigenvalue weighted by Gasteiger charge is 2.08. The van der Waals surface area contributed by atoms with Gasteiger partial charge in [0.15, 0.2) is 0 Å². The molecule has 2 N–H and O–H groups in total. The number of nitrogens with one attached hydrogen (secondary N) is 2. The molecule has 0 aliphatic heterocycles. The second-order valence-electron chi connectivity index (χ2n) is 5.85. The van der Waals surface area contributed by atoms with Crippen LogP contribution in [0.3, 0.4) is 0 Å². The Kier molecular flexibility index (Phi) is 7.54. The lowest BCUT2D eigenvalue weighted by atomic mass is 10.1. The molecule has 5 heteroatoms. The fourth-order valence-electron chi connectivity index (χ4n) is 2.21. The van der Waals surface area contributed by atoms with E-state index in [0.29, 0.717) is 12.1 Å². The normalized spacial score (nSPS) is 10.3. The van der Waals surface area contributed by atoms with Crippen LogP contribution in [0.5, 0.6) is 0 Å². The Morgan fingerprint density at radius 3 is 2.44 bits per heavy atom. The van der Waals surface area contributed by atoms with Crippen molar-refractivity contribution in [3.63, 3.8) is 0 Å². The summed E-state index contributed by atoms with van der Waals surface area (Å²) in [5.74, 6) is 0.555. The van der Waals surface area contributed by atoms with Crippen LogP contribution < -0.4 is 10.6 Å². The van der Waals surface area contributed by atoms with Crippen LogP contribution in [0.1, 0.15) is 27.9 Å². The Balaban J connectivity index is 1.61. The number of carbonyl (C=O) groups is 2. The van der Waals surface area contributed by atoms with Gasteiger partial charge in [-0.15, -0.1) is 11.8 Å². The molecule has 0 saturated carbocycles. The number of rotatable bonds is 8. The van der Waals surface area contributed by atoms with Crippen molar-refractivity contribution in [1.29, 1.82) is 0 Å². The van der Waals surface area contributed by atoms with E-state index in [1.807, 2.05) is 44.2 Å². The molecule has 0 unspecified atom stereocenters. The third-order valence-electron chi connectivity index (χ3n) is 3.83. The van der Waals surface area contributed by atoms with E-state index in [1.165, 1.54) is 4.90 Å². The van der Waals surface area contributed by atoms with Crippen molar-refractivity contribution in [3.8, 4) is 0 Å². The Hall–Kier alpha value is -2.27. The average Bonchev–Trinajstić information content (AvgIpc) is 2.62. The summed E-state index contributed by atoms with van der Waals surface area (Å²) in [7, 11) is 0. The number of hydrogen-bond donors (Lipinski definition) is 2. The first kappa shape index (κ1) is 19.1. The smallest absolute Gasteiger partial charge is 0.251 e. The van der Waals surface area contributed by atoms with Crippen molar-refractivity contribution in [2.75, 3.05) is 18.8 Å². The summed E-state index contributed by atoms with van der Waals surface area (Å²) in [6.45, 7) is 4.57. The summed E-state index contributed by atoms with van der Waals surface area (Å²) < 4.78 is 0. The summed E-state index contributed by atoms with van der Waals surface area (Å²) in [5, 5.41) is 5.49. The molecule has 0 spiro atoms. The van der Waals surface area contributed by atoms with Crippen molar-refractivity contribution < 1.29 is 9.59 Å². The van der Waals surface area contributed by atoms with Crippen molar-refractivity contribution in [3.05, 3.63) is 65.2 Å². The Labute approximate surface area is 153 Å². The van der Waals surface area contributed by atoms with E-state index in [1.54, 1.807) is 17.8 Å². The molecule has 2 rings (SSSR count). The molecule has 2 aromatic rings. The maximum absolute atomic E-state index is 12.1. The standard InChI is InChI=1S/C20H24N2O2S/c1-15-9-10-17(13-16(15)2)20(24)22-14-19(23)21-11-6-12-25-18-7-4-3-5-8-18/h3-5,7-10,13H,6,11-12,14H2,1-2H3,(H,21,23)(H,22,24). The van der Waals surface area contributed by atoms with Crippen LogP contribution in [0, 0.1) is 13.8 Å². The second kappa shape index (κ2) is 9.89. The molecule has 132 valence electrons. The van der Waals surface area contributed by atoms with Crippen molar-refractivity contribution in [2.45, 2.75) is 25.2 Å². The van der Waals surface area contributed by atoms with Crippen LogP contribution in [-0.4, -0.2) is 30.7 Å². The zero-order chi connectivity index (χ0) is 18.1. The lowest BCUT2D eigenvalue weighted by Crippen LogP contribution is -2.37. The minimum absolute atomic E-state index is 0.00240. The monoisotopic (exact) mass is 356 g/mol. The van der Waals surface area contributed by atoms with E-state index < -0.39 is 0 Å². The van der Waals surface area contributed by atoms with Gasteiger partial charge in [-0.05, 0) is 61.4 Å². The van der Waals surface area contributed by atoms with Crippen LogP contribution in [0.2, 0.25) is 0 Å². The van der Waals surface area contributed by atoms with Gasteiger partial charge in [-0.2, -0.15) is 0 Å². The zero-order valence-corrected chi connectivity index (χ0v) is 15.5. The number of thioether (sulfide) groups is 1. The lowest BCUT2D eigenvalue weighted by Gasteiger charge is -2.08. The molecule has 0 radical (unpaired) electrons. The van der Waals surface area contributed by atoms with Crippen LogP contribution in [0.15, 0.2) is 53.4 Å². The Bertz CT molecular complexity index is 717. The molecule has 2 amide bonds. The summed E-state index contributed by atoms with van der Waals surface area (Å²) in [6.07, 6.45) is 0.885. The minimum atomic E-state index is -0.224. The van der Waals surface area contributed by atoms with Crippen molar-refractivity contribution in [2.24, 2.45) is 0 Å². The highest BCUT2D eigenvalue weighted by molar-refractivity contribution is 7.99. The summed E-state index contributed by atoms with van der Waals surface area (Å²) in [5.41, 5.74) is 2.78. The van der Waals surface area contributed by atoms with Gasteiger partial charge in [0.1, 0.15) is 0 Å². The van der Waals surface area contributed by atoms with E-state index in [9.17, 15) is 9.59 Å². The van der Waals surface area contributed by atoms with Gasteiger partial charge >= 0.3 is 0 Å². The maximum atomic E-state index is 12.1. The quantitative estimate of drug-likeness (QED) is 0.563. The predicted molar refractivity (Wildman–Crippen MR) is 103 cm³/mol. The third kappa shape index (κ3) is 6.63. The number of carbonyl (C=O) groups excluding carboxylic acids is 2. The average molecular weight is 356 g/mol. The van der Waals surface area contributed by atoms with Crippen LogP contribution in [-0.2, 0) is 4.79 Å². The number of hydrogen-bond acceptors (Lipinski definition) is 3. The molecule has 2 aromatic carbocycles. The molecular formula is C20H24N2O2S. The van der Waals surface area contributed by atoms with E-state index in [4.69, 9.17) is 0 Å². The fourth-order valence-corrected chi connectivity index (χ4v) is 3.09. The summed E-state index contributed by atoms with van der Waals surface area (Å²) >= 11 is 1.77. The van der Waals surface area contributed by atoms with Gasteiger partial charge in [0.2, 0.25) is 5.91 Å². The number of benzene rings is 2. The van der Waals surface area contributed by atoms with Crippen LogP contribution in [0.4, 0.5) is 0 Å². The fraction of sp³-hybridized carbons (Fsp3) is 0.300. The highest BCUT2D eigenvalue weighted by atomic mass is 32.2. The first-order chi connectivity index (χ1) is 12.1. The Morgan fingerprint density at radius 1 is 0.960 bits per heavy atom. The first-order valence-electron chi connectivity index (χ1n) is 8.36. The van der Waals surface area contributed by atoms with E-state index in [2.05, 4.69) is 22.8 Å². The van der Waals surface area contributed by atoms with Crippen LogP contribution in [0.25, 0.3) is 0 Å². The lowest BCUT2D eigenvalue weighted by molar-refractivity contribution is -0.120. The molecule has 4 nitrogen and oxygen atoms in total. The topological polar surface area (TPSA) is 58.2 Å². The molecule has 0 aliphatic carbocycles. The zero-order valence-electron chi connectivity index (χ0n) is 14.7. The predicted octanol–water partition coefficient (Wildman–Crippen LogP) is 3.33. The van der Waals surface area contributed by atoms with E-state index in [-0.39, 0.29) is 18.4 Å². The summed E-state index contributed by atoms with van der Waals surface area (Å²) in [4.78, 5) is 25.1. The molecule has 0 aliphatic rings. The van der Waals surface area contributed by atoms with Gasteiger partial charge in [0, 0.05) is 17.0 Å². The second-order valence-corrected chi connectivity index (χ2v) is 7.02. The van der Waals surface area contributed by atoms with Crippen LogP contribution >= 0.6 is 11.8 Å². The van der Waals surface area contributed by atoms with E-state index in [0.717, 1.165) is 23.3 Å². The summed E-state index contributed by atoms with van der Waals surface area (Å²) in [6, 6.07) is 15.7. The minimum Gasteiger partial charge on any atom is -0.355 e. The largest absolute Gasteiger partial charge is 0.355 e. The molecule has 0 saturated heterocycles. The van der Waals surface area contributed by atoms with Gasteiger partial charge in [-0.3, -0.25) is 9.59 Å². The van der Waals surface area contributed by atoms with Gasteiger partial charge < -0.3 is 10.6 Å². The van der Waals surface area contributed by atoms with Gasteiger partial charge in [-0.25, -0.2) is 0 Å². The maximum Gasteiger partial charge on any atom is 0.251 e. The molecule has 0 fully saturated rings. The molecule has 0 aromatic heterocycles. The van der Waals surface area contributed by atoms with Gasteiger partial charge in [0.05, 0.1) is 6.54 Å². The van der Waals surface area contributed by atoms with Gasteiger partial charge in [-0.1, -0.05) is 24.3 Å². The highest BCUT2D eigenvalue weighted by Crippen LogP contribution is 2.17. The molecule has 0 atom stereocenters. The van der Waals surface area contributed by atoms with Crippen molar-refractivity contribution in [1.82, 2.24) is 10.6 Å². The van der Waals surface area contributed by atoms with Gasteiger partial charge in [0.25, 0.3) is 5.91 Å².